The molecule has 128 valence electrons. The van der Waals surface area contributed by atoms with Crippen molar-refractivity contribution in [2.75, 3.05) is 5.75 Å². The minimum Gasteiger partial charge on any atom is -0.487 e. The summed E-state index contributed by atoms with van der Waals surface area (Å²) in [4.78, 5) is 11.0. The van der Waals surface area contributed by atoms with Crippen molar-refractivity contribution in [3.05, 3.63) is 63.6 Å². The molecule has 8 heteroatoms. The Kier molecular flexibility index (Phi) is 5.96. The Bertz CT molecular complexity index is 838. The van der Waals surface area contributed by atoms with Gasteiger partial charge in [-0.15, -0.1) is 5.10 Å². The van der Waals surface area contributed by atoms with Gasteiger partial charge in [0.1, 0.15) is 12.4 Å². The van der Waals surface area contributed by atoms with Crippen molar-refractivity contribution in [2.24, 2.45) is 10.2 Å². The number of halogens is 2. The lowest BCUT2D eigenvalue weighted by molar-refractivity contribution is -0.116. The van der Waals surface area contributed by atoms with Gasteiger partial charge in [-0.05, 0) is 41.5 Å². The van der Waals surface area contributed by atoms with Gasteiger partial charge in [0.2, 0.25) is 5.91 Å². The van der Waals surface area contributed by atoms with Gasteiger partial charge < -0.3 is 10.1 Å². The Morgan fingerprint density at radius 3 is 2.68 bits per heavy atom. The van der Waals surface area contributed by atoms with E-state index in [1.54, 1.807) is 18.3 Å². The number of thioether (sulfide) groups is 1. The van der Waals surface area contributed by atoms with Crippen molar-refractivity contribution in [2.45, 2.75) is 6.61 Å². The Morgan fingerprint density at radius 1 is 1.20 bits per heavy atom. The smallest absolute Gasteiger partial charge is 0.236 e. The van der Waals surface area contributed by atoms with E-state index in [4.69, 9.17) is 27.9 Å². The van der Waals surface area contributed by atoms with E-state index in [1.165, 1.54) is 11.8 Å². The first-order chi connectivity index (χ1) is 12.1. The maximum atomic E-state index is 11.0. The fourth-order valence-corrected chi connectivity index (χ4v) is 2.98. The van der Waals surface area contributed by atoms with E-state index in [-0.39, 0.29) is 5.91 Å². The van der Waals surface area contributed by atoms with Crippen LogP contribution in [0.25, 0.3) is 0 Å². The number of nitrogens with one attached hydrogen (secondary N) is 1. The second kappa shape index (κ2) is 8.38. The largest absolute Gasteiger partial charge is 0.487 e. The normalized spacial score (nSPS) is 15.8. The van der Waals surface area contributed by atoms with Gasteiger partial charge in [-0.1, -0.05) is 47.1 Å². The summed E-state index contributed by atoms with van der Waals surface area (Å²) in [5, 5.41) is 12.1. The highest BCUT2D eigenvalue weighted by Crippen LogP contribution is 2.26. The van der Waals surface area contributed by atoms with Crippen LogP contribution in [0, 0.1) is 0 Å². The van der Waals surface area contributed by atoms with Crippen LogP contribution in [0.2, 0.25) is 10.0 Å². The van der Waals surface area contributed by atoms with Gasteiger partial charge in [-0.3, -0.25) is 4.79 Å². The van der Waals surface area contributed by atoms with Crippen LogP contribution in [0.1, 0.15) is 11.1 Å². The zero-order valence-electron chi connectivity index (χ0n) is 12.9. The Labute approximate surface area is 159 Å². The third-order valence-corrected chi connectivity index (χ3v) is 4.62. The minimum absolute atomic E-state index is 0.0656. The molecule has 0 unspecified atom stereocenters. The number of ether oxygens (including phenoxy) is 1. The van der Waals surface area contributed by atoms with E-state index in [0.29, 0.717) is 33.3 Å². The first-order valence-corrected chi connectivity index (χ1v) is 9.05. The number of amidine groups is 1. The average molecular weight is 394 g/mol. The van der Waals surface area contributed by atoms with Gasteiger partial charge in [0.25, 0.3) is 0 Å². The molecule has 1 saturated heterocycles. The van der Waals surface area contributed by atoms with Crippen molar-refractivity contribution >= 4 is 52.3 Å². The molecule has 5 nitrogen and oxygen atoms in total. The molecule has 0 bridgehead atoms. The third kappa shape index (κ3) is 5.22. The third-order valence-electron chi connectivity index (χ3n) is 3.21. The number of amides is 1. The van der Waals surface area contributed by atoms with Crippen LogP contribution in [0.5, 0.6) is 5.75 Å². The van der Waals surface area contributed by atoms with Crippen LogP contribution in [-0.2, 0) is 11.4 Å². The predicted molar refractivity (Wildman–Crippen MR) is 103 cm³/mol. The summed E-state index contributed by atoms with van der Waals surface area (Å²) < 4.78 is 5.72. The first kappa shape index (κ1) is 17.8. The summed E-state index contributed by atoms with van der Waals surface area (Å²) in [5.74, 6) is 0.891. The number of carbonyl (C=O) groups excluding carboxylic acids is 1. The lowest BCUT2D eigenvalue weighted by Crippen LogP contribution is -2.19. The molecule has 1 heterocycles. The molecule has 0 aromatic heterocycles. The van der Waals surface area contributed by atoms with Crippen molar-refractivity contribution < 1.29 is 9.53 Å². The second-order valence-electron chi connectivity index (χ2n) is 5.09. The summed E-state index contributed by atoms with van der Waals surface area (Å²) in [6.07, 6.45) is 1.56. The summed E-state index contributed by atoms with van der Waals surface area (Å²) in [5.41, 5.74) is 1.78. The molecular weight excluding hydrogens is 381 g/mol. The number of rotatable bonds is 5. The number of hydrogen-bond acceptors (Lipinski definition) is 5. The van der Waals surface area contributed by atoms with Gasteiger partial charge in [-0.2, -0.15) is 5.10 Å². The van der Waals surface area contributed by atoms with Crippen molar-refractivity contribution in [1.29, 1.82) is 0 Å². The fourth-order valence-electron chi connectivity index (χ4n) is 1.98. The highest BCUT2D eigenvalue weighted by atomic mass is 35.5. The van der Waals surface area contributed by atoms with E-state index < -0.39 is 0 Å². The molecule has 3 rings (SSSR count). The lowest BCUT2D eigenvalue weighted by atomic mass is 10.2. The quantitative estimate of drug-likeness (QED) is 0.613. The summed E-state index contributed by atoms with van der Waals surface area (Å²) in [7, 11) is 0. The summed E-state index contributed by atoms with van der Waals surface area (Å²) in [6.45, 7) is 0.398. The van der Waals surface area contributed by atoms with Crippen LogP contribution in [-0.4, -0.2) is 23.0 Å². The van der Waals surface area contributed by atoms with E-state index in [0.717, 1.165) is 11.1 Å². The molecule has 1 aliphatic rings. The van der Waals surface area contributed by atoms with E-state index in [1.807, 2.05) is 30.3 Å². The molecule has 25 heavy (non-hydrogen) atoms. The number of nitrogens with zero attached hydrogens (tertiary/aromatic N) is 2. The standard InChI is InChI=1S/C17H13Cl2N3O2S/c18-13-4-1-11(2-5-13)9-24-15-6-3-12(7-14(15)19)8-20-22-17-21-16(23)10-25-17/h1-8H,9-10H2,(H,21,22,23). The maximum absolute atomic E-state index is 11.0. The molecule has 0 aliphatic carbocycles. The summed E-state index contributed by atoms with van der Waals surface area (Å²) >= 11 is 13.4. The second-order valence-corrected chi connectivity index (χ2v) is 6.90. The van der Waals surface area contributed by atoms with Gasteiger partial charge in [0.05, 0.1) is 17.0 Å². The molecule has 1 amide bonds. The molecule has 0 saturated carbocycles. The minimum atomic E-state index is -0.0656. The average Bonchev–Trinajstić information content (AvgIpc) is 3.01. The number of benzene rings is 2. The monoisotopic (exact) mass is 393 g/mol. The molecule has 1 fully saturated rings. The molecule has 0 radical (unpaired) electrons. The van der Waals surface area contributed by atoms with E-state index in [2.05, 4.69) is 15.5 Å². The van der Waals surface area contributed by atoms with Crippen molar-refractivity contribution in [3.8, 4) is 5.75 Å². The van der Waals surface area contributed by atoms with Gasteiger partial charge >= 0.3 is 0 Å². The zero-order valence-corrected chi connectivity index (χ0v) is 15.2. The Morgan fingerprint density at radius 2 is 2.00 bits per heavy atom. The van der Waals surface area contributed by atoms with Gasteiger partial charge in [0, 0.05) is 5.02 Å². The van der Waals surface area contributed by atoms with E-state index in [9.17, 15) is 4.79 Å². The Balaban J connectivity index is 1.60. The van der Waals surface area contributed by atoms with Crippen LogP contribution >= 0.6 is 35.0 Å². The van der Waals surface area contributed by atoms with E-state index >= 15 is 0 Å². The molecule has 1 aliphatic heterocycles. The Hall–Kier alpha value is -2.02. The van der Waals surface area contributed by atoms with Crippen LogP contribution in [0.3, 0.4) is 0 Å². The van der Waals surface area contributed by atoms with Gasteiger partial charge in [0.15, 0.2) is 5.17 Å². The molecule has 2 aromatic rings. The van der Waals surface area contributed by atoms with Crippen LogP contribution in [0.4, 0.5) is 0 Å². The molecule has 0 spiro atoms. The van der Waals surface area contributed by atoms with Crippen LogP contribution in [0.15, 0.2) is 52.7 Å². The number of carbonyl (C=O) groups is 1. The molecule has 2 aromatic carbocycles. The molecule has 0 atom stereocenters. The maximum Gasteiger partial charge on any atom is 0.236 e. The van der Waals surface area contributed by atoms with Crippen molar-refractivity contribution in [3.63, 3.8) is 0 Å². The molecular formula is C17H13Cl2N3O2S. The highest BCUT2D eigenvalue weighted by molar-refractivity contribution is 8.15. The van der Waals surface area contributed by atoms with Gasteiger partial charge in [-0.25, -0.2) is 0 Å². The predicted octanol–water partition coefficient (Wildman–Crippen LogP) is 4.13. The number of hydrogen-bond donors (Lipinski definition) is 1. The SMILES string of the molecule is O=C1CSC(=NN=Cc2ccc(OCc3ccc(Cl)cc3)c(Cl)c2)N1. The first-order valence-electron chi connectivity index (χ1n) is 7.30. The zero-order chi connectivity index (χ0) is 17.6. The van der Waals surface area contributed by atoms with Crippen LogP contribution < -0.4 is 10.1 Å². The fraction of sp³-hybridized carbons (Fsp3) is 0.118. The van der Waals surface area contributed by atoms with Crippen molar-refractivity contribution in [1.82, 2.24) is 5.32 Å². The lowest BCUT2D eigenvalue weighted by Gasteiger charge is -2.08. The highest BCUT2D eigenvalue weighted by Gasteiger charge is 2.15. The topological polar surface area (TPSA) is 63.0 Å². The summed E-state index contributed by atoms with van der Waals surface area (Å²) in [6, 6.07) is 12.8. The molecule has 1 N–H and O–H groups in total.